The van der Waals surface area contributed by atoms with Crippen molar-refractivity contribution in [3.05, 3.63) is 53.6 Å². The Morgan fingerprint density at radius 3 is 2.93 bits per heavy atom. The van der Waals surface area contributed by atoms with Crippen LogP contribution in [-0.4, -0.2) is 33.2 Å². The van der Waals surface area contributed by atoms with Gasteiger partial charge in [-0.05, 0) is 49.9 Å². The molecule has 4 aromatic rings. The van der Waals surface area contributed by atoms with Gasteiger partial charge in [-0.25, -0.2) is 4.98 Å². The van der Waals surface area contributed by atoms with Gasteiger partial charge in [-0.15, -0.1) is 21.5 Å². The van der Waals surface area contributed by atoms with E-state index >= 15 is 0 Å². The summed E-state index contributed by atoms with van der Waals surface area (Å²) in [5.41, 5.74) is 1.78. The van der Waals surface area contributed by atoms with E-state index in [1.807, 2.05) is 41.8 Å². The summed E-state index contributed by atoms with van der Waals surface area (Å²) in [6.45, 7) is 4.01. The van der Waals surface area contributed by atoms with Gasteiger partial charge in [0.15, 0.2) is 11.5 Å². The molecule has 7 heteroatoms. The van der Waals surface area contributed by atoms with Gasteiger partial charge in [0.05, 0.1) is 10.9 Å². The molecule has 0 unspecified atom stereocenters. The molecule has 1 fully saturated rings. The smallest absolute Gasteiger partial charge is 0.257 e. The highest BCUT2D eigenvalue weighted by molar-refractivity contribution is 7.13. The van der Waals surface area contributed by atoms with Crippen LogP contribution in [0.5, 0.6) is 0 Å². The highest BCUT2D eigenvalue weighted by Crippen LogP contribution is 2.33. The number of thiophene rings is 1. The van der Waals surface area contributed by atoms with Crippen molar-refractivity contribution >= 4 is 22.4 Å². The molecule has 0 bridgehead atoms. The third kappa shape index (κ3) is 3.17. The highest BCUT2D eigenvalue weighted by Gasteiger charge is 2.30. The van der Waals surface area contributed by atoms with Gasteiger partial charge in [-0.3, -0.25) is 4.90 Å². The van der Waals surface area contributed by atoms with Crippen LogP contribution in [-0.2, 0) is 0 Å². The fourth-order valence-corrected chi connectivity index (χ4v) is 4.33. The van der Waals surface area contributed by atoms with E-state index in [2.05, 4.69) is 22.0 Å². The number of hydrogen-bond donors (Lipinski definition) is 0. The molecule has 6 nitrogen and oxygen atoms in total. The van der Waals surface area contributed by atoms with E-state index in [1.165, 1.54) is 0 Å². The normalized spacial score (nSPS) is 19.5. The maximum atomic E-state index is 6.01. The Morgan fingerprint density at radius 1 is 1.15 bits per heavy atom. The van der Waals surface area contributed by atoms with Crippen LogP contribution in [0.25, 0.3) is 21.9 Å². The van der Waals surface area contributed by atoms with Crippen LogP contribution in [0.3, 0.4) is 0 Å². The highest BCUT2D eigenvalue weighted by atomic mass is 32.1. The van der Waals surface area contributed by atoms with E-state index in [-0.39, 0.29) is 12.0 Å². The fourth-order valence-electron chi connectivity index (χ4n) is 3.68. The average molecular weight is 380 g/mol. The Labute approximate surface area is 160 Å². The Kier molecular flexibility index (Phi) is 4.26. The molecule has 1 aliphatic heterocycles. The zero-order valence-electron chi connectivity index (χ0n) is 15.0. The van der Waals surface area contributed by atoms with Crippen molar-refractivity contribution in [1.82, 2.24) is 20.1 Å². The maximum Gasteiger partial charge on any atom is 0.257 e. The number of nitrogens with zero attached hydrogens (tertiary/aromatic N) is 4. The molecule has 0 N–H and O–H groups in total. The summed E-state index contributed by atoms with van der Waals surface area (Å²) in [7, 11) is 0. The molecule has 1 saturated heterocycles. The van der Waals surface area contributed by atoms with E-state index in [1.54, 1.807) is 11.3 Å². The van der Waals surface area contributed by atoms with E-state index < -0.39 is 0 Å². The van der Waals surface area contributed by atoms with Crippen LogP contribution in [0, 0.1) is 0 Å². The van der Waals surface area contributed by atoms with Crippen LogP contribution in [0.1, 0.15) is 43.5 Å². The fraction of sp³-hybridized carbons (Fsp3) is 0.350. The summed E-state index contributed by atoms with van der Waals surface area (Å²) >= 11 is 1.61. The number of likely N-dealkylation sites (tertiary alicyclic amines) is 1. The molecule has 27 heavy (non-hydrogen) atoms. The minimum Gasteiger partial charge on any atom is -0.440 e. The Morgan fingerprint density at radius 2 is 2.07 bits per heavy atom. The summed E-state index contributed by atoms with van der Waals surface area (Å²) in [6.07, 6.45) is 2.18. The second-order valence-corrected chi connectivity index (χ2v) is 7.90. The minimum absolute atomic E-state index is 0.0680. The van der Waals surface area contributed by atoms with E-state index in [0.717, 1.165) is 47.8 Å². The van der Waals surface area contributed by atoms with E-state index in [9.17, 15) is 0 Å². The predicted molar refractivity (Wildman–Crippen MR) is 104 cm³/mol. The number of hydrogen-bond acceptors (Lipinski definition) is 7. The Bertz CT molecular complexity index is 1010. The summed E-state index contributed by atoms with van der Waals surface area (Å²) < 4.78 is 11.9. The first kappa shape index (κ1) is 16.6. The first-order valence-electron chi connectivity index (χ1n) is 9.25. The van der Waals surface area contributed by atoms with Gasteiger partial charge in [-0.1, -0.05) is 18.2 Å². The standard InChI is InChI=1S/C20H20N4O2S/c1-13(18-22-23-20(26-18)17-9-5-11-27-17)24-10-4-6-14(12-24)19-21-15-7-2-3-8-16(15)25-19/h2-3,5,7-9,11,13-14H,4,6,10,12H2,1H3/t13-,14+/m1/s1. The van der Waals surface area contributed by atoms with E-state index in [4.69, 9.17) is 13.8 Å². The lowest BCUT2D eigenvalue weighted by Crippen LogP contribution is -2.36. The number of para-hydroxylation sites is 2. The zero-order chi connectivity index (χ0) is 18.2. The van der Waals surface area contributed by atoms with Crippen LogP contribution in [0.4, 0.5) is 0 Å². The van der Waals surface area contributed by atoms with Crippen molar-refractivity contribution in [1.29, 1.82) is 0 Å². The quantitative estimate of drug-likeness (QED) is 0.503. The Balaban J connectivity index is 1.34. The third-order valence-electron chi connectivity index (χ3n) is 5.19. The summed E-state index contributed by atoms with van der Waals surface area (Å²) in [4.78, 5) is 8.08. The molecule has 2 atom stereocenters. The third-order valence-corrected chi connectivity index (χ3v) is 6.05. The number of fused-ring (bicyclic) bond motifs is 1. The van der Waals surface area contributed by atoms with Crippen molar-refractivity contribution in [2.45, 2.75) is 31.7 Å². The average Bonchev–Trinajstić information content (AvgIpc) is 3.47. The molecule has 4 heterocycles. The second-order valence-electron chi connectivity index (χ2n) is 6.95. The predicted octanol–water partition coefficient (Wildman–Crippen LogP) is 4.88. The van der Waals surface area contributed by atoms with Gasteiger partial charge in [-0.2, -0.15) is 0 Å². The molecule has 0 saturated carbocycles. The number of aromatic nitrogens is 3. The van der Waals surface area contributed by atoms with Crippen molar-refractivity contribution in [3.63, 3.8) is 0 Å². The molecule has 0 spiro atoms. The molecule has 138 valence electrons. The zero-order valence-corrected chi connectivity index (χ0v) is 15.9. The molecule has 3 aromatic heterocycles. The maximum absolute atomic E-state index is 6.01. The number of oxazole rings is 1. The molecule has 5 rings (SSSR count). The van der Waals surface area contributed by atoms with Crippen molar-refractivity contribution < 1.29 is 8.83 Å². The largest absolute Gasteiger partial charge is 0.440 e. The lowest BCUT2D eigenvalue weighted by molar-refractivity contribution is 0.131. The number of benzene rings is 1. The first-order valence-corrected chi connectivity index (χ1v) is 10.1. The van der Waals surface area contributed by atoms with Crippen LogP contribution in [0.2, 0.25) is 0 Å². The summed E-state index contributed by atoms with van der Waals surface area (Å²) in [5, 5.41) is 10.5. The summed E-state index contributed by atoms with van der Waals surface area (Å²) in [5.74, 6) is 2.38. The second kappa shape index (κ2) is 6.90. The SMILES string of the molecule is C[C@H](c1nnc(-c2cccs2)o1)N1CCC[C@H](c2nc3ccccc3o2)C1. The van der Waals surface area contributed by atoms with Gasteiger partial charge in [0, 0.05) is 12.5 Å². The number of piperidine rings is 1. The minimum atomic E-state index is 0.0680. The first-order chi connectivity index (χ1) is 13.3. The van der Waals surface area contributed by atoms with Gasteiger partial charge in [0.25, 0.3) is 5.89 Å². The molecule has 0 aliphatic carbocycles. The van der Waals surface area contributed by atoms with Gasteiger partial charge < -0.3 is 8.83 Å². The lowest BCUT2D eigenvalue weighted by Gasteiger charge is -2.34. The van der Waals surface area contributed by atoms with Crippen molar-refractivity contribution in [2.24, 2.45) is 0 Å². The molecular weight excluding hydrogens is 360 g/mol. The summed E-state index contributed by atoms with van der Waals surface area (Å²) in [6, 6.07) is 12.0. The monoisotopic (exact) mass is 380 g/mol. The van der Waals surface area contributed by atoms with Crippen LogP contribution >= 0.6 is 11.3 Å². The lowest BCUT2D eigenvalue weighted by atomic mass is 9.97. The molecule has 1 aliphatic rings. The molecule has 1 aromatic carbocycles. The van der Waals surface area contributed by atoms with Gasteiger partial charge in [0.2, 0.25) is 5.89 Å². The molecule has 0 radical (unpaired) electrons. The van der Waals surface area contributed by atoms with Crippen LogP contribution in [0.15, 0.2) is 50.6 Å². The van der Waals surface area contributed by atoms with Gasteiger partial charge >= 0.3 is 0 Å². The topological polar surface area (TPSA) is 68.2 Å². The molecular formula is C20H20N4O2S. The van der Waals surface area contributed by atoms with Crippen molar-refractivity contribution in [2.75, 3.05) is 13.1 Å². The number of rotatable bonds is 4. The van der Waals surface area contributed by atoms with Crippen molar-refractivity contribution in [3.8, 4) is 10.8 Å². The van der Waals surface area contributed by atoms with E-state index in [0.29, 0.717) is 11.8 Å². The Hall–Kier alpha value is -2.51. The molecule has 0 amide bonds. The van der Waals surface area contributed by atoms with Gasteiger partial charge in [0.1, 0.15) is 5.52 Å². The van der Waals surface area contributed by atoms with Crippen LogP contribution < -0.4 is 0 Å².